The normalized spacial score (nSPS) is 25.5. The fourth-order valence-corrected chi connectivity index (χ4v) is 6.39. The Kier molecular flexibility index (Phi) is 2.84. The minimum atomic E-state index is -3.09. The zero-order chi connectivity index (χ0) is 14.6. The Morgan fingerprint density at radius 2 is 1.86 bits per heavy atom. The van der Waals surface area contributed by atoms with Gasteiger partial charge in [-0.2, -0.15) is 0 Å². The predicted molar refractivity (Wildman–Crippen MR) is 81.5 cm³/mol. The van der Waals surface area contributed by atoms with E-state index in [-0.39, 0.29) is 11.0 Å². The second kappa shape index (κ2) is 4.52. The third kappa shape index (κ3) is 1.99. The minimum absolute atomic E-state index is 0.0593. The van der Waals surface area contributed by atoms with Crippen molar-refractivity contribution in [2.75, 3.05) is 5.75 Å². The second-order valence-electron chi connectivity index (χ2n) is 5.53. The largest absolute Gasteiger partial charge is 0.254 e. The van der Waals surface area contributed by atoms with Gasteiger partial charge in [0.2, 0.25) is 0 Å². The van der Waals surface area contributed by atoms with Crippen molar-refractivity contribution >= 4 is 20.6 Å². The van der Waals surface area contributed by atoms with E-state index in [1.165, 1.54) is 0 Å². The Hall–Kier alpha value is -1.46. The number of aryl methyl sites for hydroxylation is 1. The van der Waals surface area contributed by atoms with Gasteiger partial charge in [0.15, 0.2) is 9.84 Å². The molecule has 2 aliphatic heterocycles. The van der Waals surface area contributed by atoms with Gasteiger partial charge in [-0.05, 0) is 41.7 Å². The number of fused-ring (bicyclic) bond motifs is 2. The summed E-state index contributed by atoms with van der Waals surface area (Å²) in [4.78, 5) is 1.36. The molecule has 2 aromatic carbocycles. The van der Waals surface area contributed by atoms with E-state index >= 15 is 0 Å². The SMILES string of the molecule is O=S1c2ccccc2CC1c1ccc2c(c1)CCS2(=O)=O. The third-order valence-electron chi connectivity index (χ3n) is 4.28. The Balaban J connectivity index is 1.76. The molecule has 4 rings (SSSR count). The lowest BCUT2D eigenvalue weighted by atomic mass is 10.0. The molecule has 0 bridgehead atoms. The van der Waals surface area contributed by atoms with Crippen LogP contribution >= 0.6 is 0 Å². The number of hydrogen-bond acceptors (Lipinski definition) is 3. The lowest BCUT2D eigenvalue weighted by Crippen LogP contribution is -2.03. The van der Waals surface area contributed by atoms with Gasteiger partial charge >= 0.3 is 0 Å². The van der Waals surface area contributed by atoms with E-state index in [4.69, 9.17) is 0 Å². The van der Waals surface area contributed by atoms with E-state index in [0.717, 1.165) is 28.0 Å². The molecule has 108 valence electrons. The van der Waals surface area contributed by atoms with Crippen molar-refractivity contribution in [1.82, 2.24) is 0 Å². The molecule has 0 N–H and O–H groups in total. The van der Waals surface area contributed by atoms with Gasteiger partial charge in [-0.3, -0.25) is 4.21 Å². The minimum Gasteiger partial charge on any atom is -0.254 e. The zero-order valence-electron chi connectivity index (χ0n) is 11.3. The summed E-state index contributed by atoms with van der Waals surface area (Å²) < 4.78 is 36.4. The van der Waals surface area contributed by atoms with Gasteiger partial charge in [0.1, 0.15) is 0 Å². The summed E-state index contributed by atoms with van der Waals surface area (Å²) in [7, 11) is -4.14. The summed E-state index contributed by atoms with van der Waals surface area (Å²) in [5.74, 6) is 0.194. The summed E-state index contributed by atoms with van der Waals surface area (Å²) in [5, 5.41) is -0.0593. The van der Waals surface area contributed by atoms with Crippen molar-refractivity contribution in [3.63, 3.8) is 0 Å². The fourth-order valence-electron chi connectivity index (χ4n) is 3.19. The molecule has 0 spiro atoms. The summed E-state index contributed by atoms with van der Waals surface area (Å²) in [6.07, 6.45) is 1.33. The van der Waals surface area contributed by atoms with Crippen molar-refractivity contribution < 1.29 is 12.6 Å². The molecule has 0 aliphatic carbocycles. The molecule has 2 atom stereocenters. The molecule has 21 heavy (non-hydrogen) atoms. The molecule has 0 saturated carbocycles. The number of benzene rings is 2. The van der Waals surface area contributed by atoms with Gasteiger partial charge in [-0.1, -0.05) is 30.3 Å². The molecule has 2 heterocycles. The Morgan fingerprint density at radius 1 is 1.05 bits per heavy atom. The topological polar surface area (TPSA) is 51.2 Å². The van der Waals surface area contributed by atoms with Gasteiger partial charge in [0.05, 0.1) is 26.7 Å². The van der Waals surface area contributed by atoms with E-state index in [1.807, 2.05) is 36.4 Å². The van der Waals surface area contributed by atoms with E-state index in [9.17, 15) is 12.6 Å². The molecule has 0 amide bonds. The van der Waals surface area contributed by atoms with Crippen LogP contribution in [0.5, 0.6) is 0 Å². The molecule has 5 heteroatoms. The van der Waals surface area contributed by atoms with Crippen molar-refractivity contribution in [3.8, 4) is 0 Å². The van der Waals surface area contributed by atoms with Gasteiger partial charge < -0.3 is 0 Å². The van der Waals surface area contributed by atoms with Crippen LogP contribution in [0.1, 0.15) is 21.9 Å². The maximum Gasteiger partial charge on any atom is 0.178 e. The van der Waals surface area contributed by atoms with Crippen LogP contribution in [0.4, 0.5) is 0 Å². The van der Waals surface area contributed by atoms with E-state index in [0.29, 0.717) is 11.3 Å². The molecule has 0 saturated heterocycles. The number of sulfone groups is 1. The van der Waals surface area contributed by atoms with Gasteiger partial charge in [0.25, 0.3) is 0 Å². The second-order valence-corrected chi connectivity index (χ2v) is 9.22. The van der Waals surface area contributed by atoms with Crippen LogP contribution < -0.4 is 0 Å². The van der Waals surface area contributed by atoms with E-state index in [1.54, 1.807) is 6.07 Å². The van der Waals surface area contributed by atoms with E-state index in [2.05, 4.69) is 0 Å². The molecule has 0 radical (unpaired) electrons. The number of rotatable bonds is 1. The molecule has 3 nitrogen and oxygen atoms in total. The van der Waals surface area contributed by atoms with E-state index < -0.39 is 20.6 Å². The Labute approximate surface area is 126 Å². The maximum absolute atomic E-state index is 12.6. The predicted octanol–water partition coefficient (Wildman–Crippen LogP) is 2.42. The highest BCUT2D eigenvalue weighted by molar-refractivity contribution is 7.91. The third-order valence-corrected chi connectivity index (χ3v) is 7.88. The van der Waals surface area contributed by atoms with Gasteiger partial charge in [-0.25, -0.2) is 8.42 Å². The summed E-state index contributed by atoms with van der Waals surface area (Å²) >= 11 is 0. The van der Waals surface area contributed by atoms with Crippen LogP contribution in [0, 0.1) is 0 Å². The molecular weight excluding hydrogens is 304 g/mol. The van der Waals surface area contributed by atoms with Crippen molar-refractivity contribution in [2.45, 2.75) is 27.9 Å². The number of hydrogen-bond donors (Lipinski definition) is 0. The van der Waals surface area contributed by atoms with Crippen LogP contribution in [0.15, 0.2) is 52.3 Å². The average molecular weight is 318 g/mol. The first-order valence-electron chi connectivity index (χ1n) is 6.90. The average Bonchev–Trinajstić information content (AvgIpc) is 2.97. The lowest BCUT2D eigenvalue weighted by molar-refractivity contribution is 0.600. The first kappa shape index (κ1) is 13.2. The summed E-state index contributed by atoms with van der Waals surface area (Å²) in [6.45, 7) is 0. The molecular formula is C16H14O3S2. The van der Waals surface area contributed by atoms with Crippen LogP contribution in [0.2, 0.25) is 0 Å². The van der Waals surface area contributed by atoms with Crippen LogP contribution in [-0.4, -0.2) is 18.4 Å². The first-order valence-corrected chi connectivity index (χ1v) is 9.77. The fraction of sp³-hybridized carbons (Fsp3) is 0.250. The Bertz CT molecular complexity index is 869. The van der Waals surface area contributed by atoms with Crippen LogP contribution in [0.25, 0.3) is 0 Å². The lowest BCUT2D eigenvalue weighted by Gasteiger charge is -2.10. The van der Waals surface area contributed by atoms with Gasteiger partial charge in [-0.15, -0.1) is 0 Å². The van der Waals surface area contributed by atoms with Crippen LogP contribution in [0.3, 0.4) is 0 Å². The summed E-state index contributed by atoms with van der Waals surface area (Å²) in [5.41, 5.74) is 3.00. The van der Waals surface area contributed by atoms with Crippen molar-refractivity contribution in [1.29, 1.82) is 0 Å². The highest BCUT2D eigenvalue weighted by Crippen LogP contribution is 2.39. The first-order chi connectivity index (χ1) is 10.1. The molecule has 0 aromatic heterocycles. The monoisotopic (exact) mass is 318 g/mol. The zero-order valence-corrected chi connectivity index (χ0v) is 12.9. The highest BCUT2D eigenvalue weighted by Gasteiger charge is 2.32. The molecule has 0 fully saturated rings. The highest BCUT2D eigenvalue weighted by atomic mass is 32.2. The van der Waals surface area contributed by atoms with Gasteiger partial charge in [0, 0.05) is 4.90 Å². The summed E-state index contributed by atoms with van der Waals surface area (Å²) in [6, 6.07) is 13.3. The molecule has 2 aliphatic rings. The maximum atomic E-state index is 12.6. The quantitative estimate of drug-likeness (QED) is 0.811. The smallest absolute Gasteiger partial charge is 0.178 e. The van der Waals surface area contributed by atoms with Crippen LogP contribution in [-0.2, 0) is 33.5 Å². The van der Waals surface area contributed by atoms with Crippen molar-refractivity contribution in [2.24, 2.45) is 0 Å². The van der Waals surface area contributed by atoms with Crippen molar-refractivity contribution in [3.05, 3.63) is 59.2 Å². The molecule has 2 aromatic rings. The Morgan fingerprint density at radius 3 is 2.67 bits per heavy atom. The molecule has 2 unspecified atom stereocenters. The standard InChI is InChI=1S/C16H14O3S2/c17-20-14-4-2-1-3-11(14)10-15(20)12-5-6-16-13(9-12)7-8-21(16,18)19/h1-6,9,15H,7-8,10H2.